The number of carbonyl (C=O) groups is 2. The molecular formula is C23H34F3NO3. The van der Waals surface area contributed by atoms with Crippen molar-refractivity contribution in [1.29, 1.82) is 0 Å². The maximum atomic E-state index is 12.8. The Morgan fingerprint density at radius 3 is 2.17 bits per heavy atom. The quantitative estimate of drug-likeness (QED) is 0.302. The minimum atomic E-state index is -4.54. The first-order valence-corrected chi connectivity index (χ1v) is 10.8. The summed E-state index contributed by atoms with van der Waals surface area (Å²) < 4.78 is 43.8. The summed E-state index contributed by atoms with van der Waals surface area (Å²) in [5.41, 5.74) is -1.06. The second-order valence-corrected chi connectivity index (χ2v) is 7.92. The average molecular weight is 430 g/mol. The molecule has 4 nitrogen and oxygen atoms in total. The fourth-order valence-electron chi connectivity index (χ4n) is 3.06. The van der Waals surface area contributed by atoms with E-state index < -0.39 is 29.7 Å². The number of nitrogens with one attached hydrogen (secondary N) is 1. The number of hydrogen-bond acceptors (Lipinski definition) is 3. The first-order valence-electron chi connectivity index (χ1n) is 10.8. The topological polar surface area (TPSA) is 55.4 Å². The third-order valence-corrected chi connectivity index (χ3v) is 4.90. The lowest BCUT2D eigenvalue weighted by atomic mass is 10.0. The van der Waals surface area contributed by atoms with Crippen LogP contribution in [0.25, 0.3) is 0 Å². The van der Waals surface area contributed by atoms with Crippen molar-refractivity contribution in [3.05, 3.63) is 35.4 Å². The number of unbranched alkanes of at least 4 members (excludes halogenated alkanes) is 7. The molecule has 0 spiro atoms. The monoisotopic (exact) mass is 429 g/mol. The number of halogens is 3. The fourth-order valence-corrected chi connectivity index (χ4v) is 3.06. The molecule has 0 heterocycles. The summed E-state index contributed by atoms with van der Waals surface area (Å²) in [5.74, 6) is -1.55. The molecule has 0 aliphatic carbocycles. The van der Waals surface area contributed by atoms with Crippen LogP contribution in [0.3, 0.4) is 0 Å². The van der Waals surface area contributed by atoms with E-state index in [1.165, 1.54) is 44.2 Å². The van der Waals surface area contributed by atoms with E-state index in [1.54, 1.807) is 13.8 Å². The predicted molar refractivity (Wildman–Crippen MR) is 111 cm³/mol. The third-order valence-electron chi connectivity index (χ3n) is 4.90. The molecule has 30 heavy (non-hydrogen) atoms. The SMILES string of the molecule is CCCCCCCCCCOC(=O)C(NC(=O)c1cccc(C(F)(F)F)c1)C(C)C. The van der Waals surface area contributed by atoms with E-state index in [1.807, 2.05) is 0 Å². The second-order valence-electron chi connectivity index (χ2n) is 7.92. The number of esters is 1. The maximum Gasteiger partial charge on any atom is 0.416 e. The van der Waals surface area contributed by atoms with Crippen LogP contribution in [-0.4, -0.2) is 24.5 Å². The van der Waals surface area contributed by atoms with Crippen molar-refractivity contribution in [2.75, 3.05) is 6.61 Å². The van der Waals surface area contributed by atoms with Gasteiger partial charge in [0.05, 0.1) is 12.2 Å². The molecule has 0 aliphatic heterocycles. The van der Waals surface area contributed by atoms with Crippen molar-refractivity contribution in [3.8, 4) is 0 Å². The van der Waals surface area contributed by atoms with Gasteiger partial charge in [-0.2, -0.15) is 13.2 Å². The van der Waals surface area contributed by atoms with Gasteiger partial charge in [-0.05, 0) is 30.5 Å². The highest BCUT2D eigenvalue weighted by Crippen LogP contribution is 2.29. The zero-order valence-electron chi connectivity index (χ0n) is 18.2. The van der Waals surface area contributed by atoms with Crippen LogP contribution >= 0.6 is 0 Å². The zero-order chi connectivity index (χ0) is 22.6. The minimum Gasteiger partial charge on any atom is -0.464 e. The van der Waals surface area contributed by atoms with Gasteiger partial charge in [-0.1, -0.05) is 71.8 Å². The number of alkyl halides is 3. The summed E-state index contributed by atoms with van der Waals surface area (Å²) in [6, 6.07) is 3.21. The first-order chi connectivity index (χ1) is 14.2. The van der Waals surface area contributed by atoms with Crippen LogP contribution in [0.1, 0.15) is 88.1 Å². The summed E-state index contributed by atoms with van der Waals surface area (Å²) in [5, 5.41) is 2.51. The second kappa shape index (κ2) is 13.3. The molecule has 0 aromatic heterocycles. The molecule has 1 unspecified atom stereocenters. The molecule has 1 aromatic rings. The number of amides is 1. The van der Waals surface area contributed by atoms with Gasteiger partial charge in [0.2, 0.25) is 0 Å². The molecule has 7 heteroatoms. The molecule has 1 atom stereocenters. The molecule has 1 amide bonds. The molecule has 1 N–H and O–H groups in total. The highest BCUT2D eigenvalue weighted by Gasteiger charge is 2.31. The van der Waals surface area contributed by atoms with E-state index in [0.717, 1.165) is 31.4 Å². The van der Waals surface area contributed by atoms with Crippen molar-refractivity contribution in [1.82, 2.24) is 5.32 Å². The third kappa shape index (κ3) is 9.63. The molecule has 0 aliphatic rings. The van der Waals surface area contributed by atoms with Crippen molar-refractivity contribution in [2.24, 2.45) is 5.92 Å². The molecule has 0 saturated heterocycles. The van der Waals surface area contributed by atoms with Gasteiger partial charge < -0.3 is 10.1 Å². The Hall–Kier alpha value is -2.05. The van der Waals surface area contributed by atoms with Gasteiger partial charge in [0, 0.05) is 5.56 Å². The Morgan fingerprint density at radius 2 is 1.60 bits per heavy atom. The lowest BCUT2D eigenvalue weighted by molar-refractivity contribution is -0.147. The highest BCUT2D eigenvalue weighted by molar-refractivity contribution is 5.97. The Morgan fingerprint density at radius 1 is 1.00 bits per heavy atom. The lowest BCUT2D eigenvalue weighted by Crippen LogP contribution is -2.45. The summed E-state index contributed by atoms with van der Waals surface area (Å²) in [6.45, 7) is 5.94. The Balaban J connectivity index is 2.48. The normalized spacial score (nSPS) is 12.6. The summed E-state index contributed by atoms with van der Waals surface area (Å²) in [7, 11) is 0. The van der Waals surface area contributed by atoms with Gasteiger partial charge in [0.1, 0.15) is 6.04 Å². The van der Waals surface area contributed by atoms with Crippen molar-refractivity contribution in [2.45, 2.75) is 84.4 Å². The molecule has 1 aromatic carbocycles. The average Bonchev–Trinajstić information content (AvgIpc) is 2.69. The molecule has 1 rings (SSSR count). The first kappa shape index (κ1) is 26.0. The van der Waals surface area contributed by atoms with Gasteiger partial charge in [-0.25, -0.2) is 4.79 Å². The van der Waals surface area contributed by atoms with E-state index in [4.69, 9.17) is 4.74 Å². The van der Waals surface area contributed by atoms with Crippen LogP contribution in [0.2, 0.25) is 0 Å². The van der Waals surface area contributed by atoms with Crippen molar-refractivity contribution in [3.63, 3.8) is 0 Å². The number of rotatable bonds is 13. The molecule has 170 valence electrons. The predicted octanol–water partition coefficient (Wildman–Crippen LogP) is 6.14. The van der Waals surface area contributed by atoms with Gasteiger partial charge in [-0.3, -0.25) is 4.79 Å². The smallest absolute Gasteiger partial charge is 0.416 e. The molecule has 0 fully saturated rings. The van der Waals surface area contributed by atoms with E-state index in [2.05, 4.69) is 12.2 Å². The number of carbonyl (C=O) groups excluding carboxylic acids is 2. The van der Waals surface area contributed by atoms with Gasteiger partial charge in [-0.15, -0.1) is 0 Å². The van der Waals surface area contributed by atoms with E-state index in [-0.39, 0.29) is 18.1 Å². The molecule has 0 radical (unpaired) electrons. The van der Waals surface area contributed by atoms with E-state index in [9.17, 15) is 22.8 Å². The number of hydrogen-bond donors (Lipinski definition) is 1. The summed E-state index contributed by atoms with van der Waals surface area (Å²) in [4.78, 5) is 24.7. The minimum absolute atomic E-state index is 0.147. The number of ether oxygens (including phenoxy) is 1. The molecular weight excluding hydrogens is 395 g/mol. The van der Waals surface area contributed by atoms with Crippen LogP contribution in [0.4, 0.5) is 13.2 Å². The highest BCUT2D eigenvalue weighted by atomic mass is 19.4. The molecule has 0 saturated carbocycles. The Bertz CT molecular complexity index is 659. The zero-order valence-corrected chi connectivity index (χ0v) is 18.2. The van der Waals surface area contributed by atoms with Gasteiger partial charge in [0.15, 0.2) is 0 Å². The van der Waals surface area contributed by atoms with Gasteiger partial charge in [0.25, 0.3) is 5.91 Å². The van der Waals surface area contributed by atoms with Crippen LogP contribution in [0.15, 0.2) is 24.3 Å². The number of benzene rings is 1. The summed E-state index contributed by atoms with van der Waals surface area (Å²) >= 11 is 0. The molecule has 0 bridgehead atoms. The maximum absolute atomic E-state index is 12.8. The Labute approximate surface area is 177 Å². The summed E-state index contributed by atoms with van der Waals surface area (Å²) in [6.07, 6.45) is 4.43. The fraction of sp³-hybridized carbons (Fsp3) is 0.652. The van der Waals surface area contributed by atoms with Crippen LogP contribution < -0.4 is 5.32 Å². The van der Waals surface area contributed by atoms with Crippen LogP contribution in [-0.2, 0) is 15.7 Å². The van der Waals surface area contributed by atoms with E-state index >= 15 is 0 Å². The van der Waals surface area contributed by atoms with Crippen LogP contribution in [0.5, 0.6) is 0 Å². The van der Waals surface area contributed by atoms with Crippen LogP contribution in [0, 0.1) is 5.92 Å². The van der Waals surface area contributed by atoms with Crippen molar-refractivity contribution < 1.29 is 27.5 Å². The standard InChI is InChI=1S/C23H34F3NO3/c1-4-5-6-7-8-9-10-11-15-30-22(29)20(17(2)3)27-21(28)18-13-12-14-19(16-18)23(24,25)26/h12-14,16-17,20H,4-11,15H2,1-3H3,(H,27,28). The van der Waals surface area contributed by atoms with Crippen molar-refractivity contribution >= 4 is 11.9 Å². The Kier molecular flexibility index (Phi) is 11.5. The van der Waals surface area contributed by atoms with E-state index in [0.29, 0.717) is 0 Å². The largest absolute Gasteiger partial charge is 0.464 e. The lowest BCUT2D eigenvalue weighted by Gasteiger charge is -2.21. The van der Waals surface area contributed by atoms with Gasteiger partial charge >= 0.3 is 12.1 Å².